The van der Waals surface area contributed by atoms with Crippen molar-refractivity contribution in [2.75, 3.05) is 16.4 Å². The average Bonchev–Trinajstić information content (AvgIpc) is 2.61. The topological polar surface area (TPSA) is 136 Å². The second-order valence-corrected chi connectivity index (χ2v) is 5.72. The number of nitro groups is 1. The molecular formula is C18H16N6O3. The van der Waals surface area contributed by atoms with Crippen LogP contribution in [0.1, 0.15) is 16.1 Å². The molecule has 1 heterocycles. The van der Waals surface area contributed by atoms with Crippen LogP contribution in [0.5, 0.6) is 0 Å². The number of amides is 1. The summed E-state index contributed by atoms with van der Waals surface area (Å²) >= 11 is 0. The number of nitrogens with two attached hydrogens (primary N) is 1. The van der Waals surface area contributed by atoms with E-state index in [1.807, 2.05) is 0 Å². The lowest BCUT2D eigenvalue weighted by molar-refractivity contribution is -0.384. The lowest BCUT2D eigenvalue weighted by Crippen LogP contribution is -2.12. The first kappa shape index (κ1) is 17.8. The molecule has 0 fully saturated rings. The Kier molecular flexibility index (Phi) is 4.93. The number of nitrogens with one attached hydrogen (secondary N) is 2. The minimum absolute atomic E-state index is 0.0430. The molecule has 0 aliphatic carbocycles. The SMILES string of the molecule is Cc1cc(Nc2cccc(C(=O)Nc3ccc([N+](=O)[O-])cc3)c2)nc(N)n1. The van der Waals surface area contributed by atoms with Crippen LogP contribution in [0.2, 0.25) is 0 Å². The number of aryl methyl sites for hydroxylation is 1. The Morgan fingerprint density at radius 1 is 1.07 bits per heavy atom. The summed E-state index contributed by atoms with van der Waals surface area (Å²) in [6, 6.07) is 14.2. The second kappa shape index (κ2) is 7.48. The van der Waals surface area contributed by atoms with Crippen molar-refractivity contribution in [3.05, 3.63) is 76.0 Å². The van der Waals surface area contributed by atoms with Crippen molar-refractivity contribution in [1.29, 1.82) is 0 Å². The number of hydrogen-bond acceptors (Lipinski definition) is 7. The minimum Gasteiger partial charge on any atom is -0.368 e. The molecule has 4 N–H and O–H groups in total. The van der Waals surface area contributed by atoms with Crippen LogP contribution in [0.15, 0.2) is 54.6 Å². The number of hydrogen-bond donors (Lipinski definition) is 3. The number of nitro benzene ring substituents is 1. The molecule has 0 aliphatic rings. The van der Waals surface area contributed by atoms with Gasteiger partial charge in [-0.1, -0.05) is 6.07 Å². The van der Waals surface area contributed by atoms with Crippen molar-refractivity contribution in [1.82, 2.24) is 9.97 Å². The third kappa shape index (κ3) is 4.54. The van der Waals surface area contributed by atoms with Gasteiger partial charge in [0.2, 0.25) is 5.95 Å². The molecule has 9 nitrogen and oxygen atoms in total. The number of carbonyl (C=O) groups excluding carboxylic acids is 1. The van der Waals surface area contributed by atoms with Crippen LogP contribution in [-0.2, 0) is 0 Å². The van der Waals surface area contributed by atoms with Gasteiger partial charge >= 0.3 is 0 Å². The standard InChI is InChI=1S/C18H16N6O3/c1-11-9-16(23-18(19)20-11)21-14-4-2-3-12(10-14)17(25)22-13-5-7-15(8-6-13)24(26)27/h2-10H,1H3,(H,22,25)(H3,19,20,21,23). The van der Waals surface area contributed by atoms with Crippen LogP contribution in [0.4, 0.5) is 28.8 Å². The Balaban J connectivity index is 1.74. The van der Waals surface area contributed by atoms with E-state index in [9.17, 15) is 14.9 Å². The van der Waals surface area contributed by atoms with E-state index in [2.05, 4.69) is 20.6 Å². The van der Waals surface area contributed by atoms with Gasteiger partial charge in [0.25, 0.3) is 11.6 Å². The molecule has 2 aromatic carbocycles. The van der Waals surface area contributed by atoms with Crippen LogP contribution >= 0.6 is 0 Å². The molecule has 136 valence electrons. The van der Waals surface area contributed by atoms with Gasteiger partial charge < -0.3 is 16.4 Å². The van der Waals surface area contributed by atoms with E-state index in [4.69, 9.17) is 5.73 Å². The van der Waals surface area contributed by atoms with Crippen molar-refractivity contribution in [3.8, 4) is 0 Å². The number of aromatic nitrogens is 2. The summed E-state index contributed by atoms with van der Waals surface area (Å²) in [5.74, 6) is 0.336. The molecule has 0 unspecified atom stereocenters. The van der Waals surface area contributed by atoms with Gasteiger partial charge in [-0.2, -0.15) is 4.98 Å². The fraction of sp³-hybridized carbons (Fsp3) is 0.0556. The van der Waals surface area contributed by atoms with Gasteiger partial charge in [-0.15, -0.1) is 0 Å². The van der Waals surface area contributed by atoms with Gasteiger partial charge in [-0.25, -0.2) is 4.98 Å². The highest BCUT2D eigenvalue weighted by Crippen LogP contribution is 2.19. The molecule has 1 amide bonds. The first-order chi connectivity index (χ1) is 12.9. The van der Waals surface area contributed by atoms with Crippen molar-refractivity contribution in [3.63, 3.8) is 0 Å². The molecule has 1 aromatic heterocycles. The highest BCUT2D eigenvalue weighted by Gasteiger charge is 2.09. The maximum absolute atomic E-state index is 12.4. The summed E-state index contributed by atoms with van der Waals surface area (Å²) in [5, 5.41) is 16.5. The maximum Gasteiger partial charge on any atom is 0.269 e. The zero-order valence-electron chi connectivity index (χ0n) is 14.3. The average molecular weight is 364 g/mol. The van der Waals surface area contributed by atoms with Gasteiger partial charge in [0.15, 0.2) is 0 Å². The molecule has 3 aromatic rings. The Hall–Kier alpha value is -4.01. The van der Waals surface area contributed by atoms with E-state index in [0.717, 1.165) is 5.69 Å². The van der Waals surface area contributed by atoms with Gasteiger partial charge in [0.05, 0.1) is 4.92 Å². The highest BCUT2D eigenvalue weighted by atomic mass is 16.6. The Morgan fingerprint density at radius 2 is 1.81 bits per heavy atom. The van der Waals surface area contributed by atoms with E-state index >= 15 is 0 Å². The van der Waals surface area contributed by atoms with Gasteiger partial charge in [-0.3, -0.25) is 14.9 Å². The minimum atomic E-state index is -0.498. The van der Waals surface area contributed by atoms with Crippen molar-refractivity contribution < 1.29 is 9.72 Å². The second-order valence-electron chi connectivity index (χ2n) is 5.72. The molecule has 0 spiro atoms. The molecule has 0 bridgehead atoms. The summed E-state index contributed by atoms with van der Waals surface area (Å²) < 4.78 is 0. The maximum atomic E-state index is 12.4. The largest absolute Gasteiger partial charge is 0.368 e. The molecule has 3 rings (SSSR count). The summed E-state index contributed by atoms with van der Waals surface area (Å²) in [5.41, 5.74) is 7.85. The van der Waals surface area contributed by atoms with E-state index in [1.165, 1.54) is 24.3 Å². The van der Waals surface area contributed by atoms with Gasteiger partial charge in [-0.05, 0) is 37.3 Å². The zero-order chi connectivity index (χ0) is 19.4. The molecule has 0 saturated carbocycles. The van der Waals surface area contributed by atoms with E-state index in [-0.39, 0.29) is 17.5 Å². The molecule has 27 heavy (non-hydrogen) atoms. The number of carbonyl (C=O) groups is 1. The number of non-ortho nitro benzene ring substituents is 1. The van der Waals surface area contributed by atoms with Crippen molar-refractivity contribution in [2.45, 2.75) is 6.92 Å². The third-order valence-electron chi connectivity index (χ3n) is 3.60. The lowest BCUT2D eigenvalue weighted by Gasteiger charge is -2.09. The summed E-state index contributed by atoms with van der Waals surface area (Å²) in [7, 11) is 0. The van der Waals surface area contributed by atoms with Crippen LogP contribution in [0.3, 0.4) is 0 Å². The first-order valence-corrected chi connectivity index (χ1v) is 7.95. The molecule has 9 heteroatoms. The first-order valence-electron chi connectivity index (χ1n) is 7.95. The van der Waals surface area contributed by atoms with E-state index in [0.29, 0.717) is 22.8 Å². The van der Waals surface area contributed by atoms with E-state index < -0.39 is 4.92 Å². The Bertz CT molecular complexity index is 984. The summed E-state index contributed by atoms with van der Waals surface area (Å²) in [6.07, 6.45) is 0. The number of nitrogen functional groups attached to an aromatic ring is 1. The van der Waals surface area contributed by atoms with Gasteiger partial charge in [0, 0.05) is 40.8 Å². The van der Waals surface area contributed by atoms with E-state index in [1.54, 1.807) is 37.3 Å². The number of rotatable bonds is 5. The fourth-order valence-corrected chi connectivity index (χ4v) is 2.41. The summed E-state index contributed by atoms with van der Waals surface area (Å²) in [6.45, 7) is 1.80. The smallest absolute Gasteiger partial charge is 0.269 e. The van der Waals surface area contributed by atoms with Crippen LogP contribution < -0.4 is 16.4 Å². The number of anilines is 4. The predicted octanol–water partition coefficient (Wildman–Crippen LogP) is 3.27. The molecule has 0 aliphatic heterocycles. The molecular weight excluding hydrogens is 348 g/mol. The zero-order valence-corrected chi connectivity index (χ0v) is 14.3. The molecule has 0 saturated heterocycles. The predicted molar refractivity (Wildman–Crippen MR) is 102 cm³/mol. The Labute approximate surface area is 154 Å². The highest BCUT2D eigenvalue weighted by molar-refractivity contribution is 6.04. The summed E-state index contributed by atoms with van der Waals surface area (Å²) in [4.78, 5) is 30.7. The van der Waals surface area contributed by atoms with Gasteiger partial charge in [0.1, 0.15) is 5.82 Å². The van der Waals surface area contributed by atoms with Crippen molar-refractivity contribution >= 4 is 34.7 Å². The van der Waals surface area contributed by atoms with Crippen LogP contribution in [-0.4, -0.2) is 20.8 Å². The normalized spacial score (nSPS) is 10.3. The van der Waals surface area contributed by atoms with Crippen molar-refractivity contribution in [2.24, 2.45) is 0 Å². The fourth-order valence-electron chi connectivity index (χ4n) is 2.41. The monoisotopic (exact) mass is 364 g/mol. The molecule has 0 radical (unpaired) electrons. The quantitative estimate of drug-likeness (QED) is 0.467. The number of benzene rings is 2. The van der Waals surface area contributed by atoms with Crippen LogP contribution in [0, 0.1) is 17.0 Å². The number of nitrogens with zero attached hydrogens (tertiary/aromatic N) is 3. The van der Waals surface area contributed by atoms with Crippen LogP contribution in [0.25, 0.3) is 0 Å². The third-order valence-corrected chi connectivity index (χ3v) is 3.60. The lowest BCUT2D eigenvalue weighted by atomic mass is 10.1. The Morgan fingerprint density at radius 3 is 2.48 bits per heavy atom. The molecule has 0 atom stereocenters.